The number of hydrogen-bond acceptors (Lipinski definition) is 4. The third-order valence-corrected chi connectivity index (χ3v) is 4.22. The first-order valence-corrected chi connectivity index (χ1v) is 8.73. The van der Waals surface area contributed by atoms with E-state index in [9.17, 15) is 0 Å². The van der Waals surface area contributed by atoms with Gasteiger partial charge in [-0.25, -0.2) is 4.98 Å². The van der Waals surface area contributed by atoms with Crippen molar-refractivity contribution in [2.45, 2.75) is 45.4 Å². The second kappa shape index (κ2) is 9.50. The molecule has 0 spiro atoms. The number of unbranched alkanes of at least 4 members (excludes halogenated alkanes) is 4. The van der Waals surface area contributed by atoms with Crippen molar-refractivity contribution in [1.82, 2.24) is 9.97 Å². The van der Waals surface area contributed by atoms with Crippen molar-refractivity contribution in [2.75, 3.05) is 18.0 Å². The van der Waals surface area contributed by atoms with Crippen LogP contribution in [0.5, 0.6) is 0 Å². The lowest BCUT2D eigenvalue weighted by atomic mass is 10.1. The molecule has 0 atom stereocenters. The number of nitrogens with zero attached hydrogens (tertiary/aromatic N) is 3. The Morgan fingerprint density at radius 1 is 1.10 bits per heavy atom. The summed E-state index contributed by atoms with van der Waals surface area (Å²) in [5.41, 5.74) is 5.33. The molecule has 0 aliphatic rings. The van der Waals surface area contributed by atoms with Crippen LogP contribution in [-0.4, -0.2) is 23.1 Å². The summed E-state index contributed by atoms with van der Waals surface area (Å²) in [5, 5.41) is 2.09. The zero-order valence-corrected chi connectivity index (χ0v) is 13.6. The van der Waals surface area contributed by atoms with Crippen LogP contribution in [0.2, 0.25) is 0 Å². The van der Waals surface area contributed by atoms with Crippen LogP contribution < -0.4 is 4.90 Å². The summed E-state index contributed by atoms with van der Waals surface area (Å²) < 4.78 is 0. The molecule has 0 amide bonds. The molecule has 113 valence electrons. The smallest absolute Gasteiger partial charge is 0.152 e. The summed E-state index contributed by atoms with van der Waals surface area (Å²) in [6, 6.07) is 4.19. The van der Waals surface area contributed by atoms with Gasteiger partial charge in [0.2, 0.25) is 0 Å². The zero-order chi connectivity index (χ0) is 14.8. The molecule has 3 nitrogen and oxygen atoms in total. The lowest BCUT2D eigenvalue weighted by molar-refractivity contribution is 0.616. The molecule has 2 rings (SSSR count). The molecule has 0 saturated heterocycles. The Morgan fingerprint density at radius 2 is 1.90 bits per heavy atom. The summed E-state index contributed by atoms with van der Waals surface area (Å²) in [4.78, 5) is 10.8. The minimum Gasteiger partial charge on any atom is -0.371 e. The van der Waals surface area contributed by atoms with Crippen LogP contribution in [0, 0.1) is 5.51 Å². The Bertz CT molecular complexity index is 470. The van der Waals surface area contributed by atoms with Gasteiger partial charge in [0.15, 0.2) is 5.51 Å². The van der Waals surface area contributed by atoms with Gasteiger partial charge in [0.05, 0.1) is 5.69 Å². The lowest BCUT2D eigenvalue weighted by Gasteiger charge is -2.24. The predicted octanol–water partition coefficient (Wildman–Crippen LogP) is 4.36. The van der Waals surface area contributed by atoms with Gasteiger partial charge in [0, 0.05) is 43.0 Å². The van der Waals surface area contributed by atoms with Crippen molar-refractivity contribution in [3.63, 3.8) is 0 Å². The van der Waals surface area contributed by atoms with Crippen molar-refractivity contribution >= 4 is 17.0 Å². The van der Waals surface area contributed by atoms with E-state index in [4.69, 9.17) is 0 Å². The molecule has 0 N–H and O–H groups in total. The first kappa shape index (κ1) is 16.0. The summed E-state index contributed by atoms with van der Waals surface area (Å²) in [6.45, 7) is 4.38. The molecular formula is C17H24N3S. The van der Waals surface area contributed by atoms with E-state index in [2.05, 4.69) is 44.8 Å². The third kappa shape index (κ3) is 5.84. The van der Waals surface area contributed by atoms with E-state index in [0.29, 0.717) is 0 Å². The summed E-state index contributed by atoms with van der Waals surface area (Å²) in [7, 11) is 0. The highest BCUT2D eigenvalue weighted by molar-refractivity contribution is 7.07. The molecule has 21 heavy (non-hydrogen) atoms. The average Bonchev–Trinajstić information content (AvgIpc) is 3.04. The van der Waals surface area contributed by atoms with Crippen LogP contribution in [0.4, 0.5) is 5.69 Å². The van der Waals surface area contributed by atoms with Crippen LogP contribution in [0.3, 0.4) is 0 Å². The molecule has 1 radical (unpaired) electrons. The van der Waals surface area contributed by atoms with E-state index in [1.807, 2.05) is 12.4 Å². The average molecular weight is 302 g/mol. The molecule has 0 bridgehead atoms. The van der Waals surface area contributed by atoms with E-state index < -0.39 is 0 Å². The second-order valence-electron chi connectivity index (χ2n) is 5.29. The molecule has 0 aliphatic carbocycles. The molecule has 4 heteroatoms. The molecule has 0 fully saturated rings. The highest BCUT2D eigenvalue weighted by atomic mass is 32.1. The number of pyridine rings is 1. The van der Waals surface area contributed by atoms with E-state index >= 15 is 0 Å². The predicted molar refractivity (Wildman–Crippen MR) is 89.9 cm³/mol. The maximum atomic E-state index is 4.26. The van der Waals surface area contributed by atoms with Crippen molar-refractivity contribution in [3.05, 3.63) is 41.1 Å². The topological polar surface area (TPSA) is 29.0 Å². The largest absolute Gasteiger partial charge is 0.371 e. The summed E-state index contributed by atoms with van der Waals surface area (Å²) in [5.74, 6) is 0. The van der Waals surface area contributed by atoms with E-state index in [1.54, 1.807) is 11.3 Å². The molecule has 0 unspecified atom stereocenters. The first-order valence-electron chi connectivity index (χ1n) is 7.85. The minimum atomic E-state index is 0.983. The van der Waals surface area contributed by atoms with Crippen LogP contribution >= 0.6 is 11.3 Å². The number of anilines is 1. The van der Waals surface area contributed by atoms with Crippen molar-refractivity contribution in [1.29, 1.82) is 0 Å². The number of hydrogen-bond donors (Lipinski definition) is 0. The fourth-order valence-electron chi connectivity index (χ4n) is 2.40. The Morgan fingerprint density at radius 3 is 2.62 bits per heavy atom. The van der Waals surface area contributed by atoms with Crippen LogP contribution in [-0.2, 0) is 6.42 Å². The zero-order valence-electron chi connectivity index (χ0n) is 12.8. The van der Waals surface area contributed by atoms with Gasteiger partial charge >= 0.3 is 0 Å². The van der Waals surface area contributed by atoms with Gasteiger partial charge < -0.3 is 4.90 Å². The number of thiazole rings is 1. The lowest BCUT2D eigenvalue weighted by Crippen LogP contribution is -2.27. The molecule has 2 heterocycles. The molecule has 2 aromatic heterocycles. The monoisotopic (exact) mass is 302 g/mol. The van der Waals surface area contributed by atoms with Gasteiger partial charge in [-0.2, -0.15) is 0 Å². The van der Waals surface area contributed by atoms with Crippen LogP contribution in [0.15, 0.2) is 29.9 Å². The maximum Gasteiger partial charge on any atom is 0.152 e. The number of rotatable bonds is 10. The number of aromatic nitrogens is 2. The van der Waals surface area contributed by atoms with Gasteiger partial charge in [-0.15, -0.1) is 11.3 Å². The van der Waals surface area contributed by atoms with Gasteiger partial charge in [0.25, 0.3) is 0 Å². The van der Waals surface area contributed by atoms with Crippen molar-refractivity contribution < 1.29 is 0 Å². The van der Waals surface area contributed by atoms with Gasteiger partial charge in [0.1, 0.15) is 0 Å². The van der Waals surface area contributed by atoms with Gasteiger partial charge in [-0.1, -0.05) is 32.6 Å². The Balaban J connectivity index is 1.84. The van der Waals surface area contributed by atoms with Gasteiger partial charge in [-0.3, -0.25) is 4.98 Å². The fourth-order valence-corrected chi connectivity index (χ4v) is 2.93. The van der Waals surface area contributed by atoms with Crippen molar-refractivity contribution in [2.24, 2.45) is 0 Å². The highest BCUT2D eigenvalue weighted by Gasteiger charge is 2.07. The maximum absolute atomic E-state index is 4.26. The fraction of sp³-hybridized carbons (Fsp3) is 0.529. The minimum absolute atomic E-state index is 0.983. The molecular weight excluding hydrogens is 278 g/mol. The van der Waals surface area contributed by atoms with Crippen LogP contribution in [0.25, 0.3) is 0 Å². The molecule has 0 saturated carbocycles. The summed E-state index contributed by atoms with van der Waals surface area (Å²) in [6.07, 6.45) is 11.3. The Hall–Kier alpha value is -1.42. The third-order valence-electron chi connectivity index (χ3n) is 3.63. The van der Waals surface area contributed by atoms with E-state index in [1.165, 1.54) is 37.8 Å². The normalized spacial score (nSPS) is 10.7. The Labute approximate surface area is 132 Å². The first-order chi connectivity index (χ1) is 10.4. The van der Waals surface area contributed by atoms with Crippen LogP contribution in [0.1, 0.15) is 44.7 Å². The van der Waals surface area contributed by atoms with Crippen molar-refractivity contribution in [3.8, 4) is 0 Å². The highest BCUT2D eigenvalue weighted by Crippen LogP contribution is 2.15. The Kier molecular flexibility index (Phi) is 7.22. The molecule has 0 aliphatic heterocycles. The van der Waals surface area contributed by atoms with E-state index in [0.717, 1.165) is 25.2 Å². The van der Waals surface area contributed by atoms with E-state index in [-0.39, 0.29) is 0 Å². The SMILES string of the molecule is CCCCCCCN(CCc1cs[c]n1)c1ccncc1. The second-order valence-corrected chi connectivity index (χ2v) is 5.94. The quantitative estimate of drug-likeness (QED) is 0.611. The standard InChI is InChI=1S/C17H24N3S/c1-2-3-4-5-6-12-20(17-7-10-18-11-8-17)13-9-16-14-21-15-19-16/h7-8,10-11,14H,2-6,9,12-13H2,1H3. The van der Waals surface area contributed by atoms with Gasteiger partial charge in [-0.05, 0) is 18.6 Å². The molecule has 0 aromatic carbocycles. The summed E-state index contributed by atoms with van der Waals surface area (Å²) >= 11 is 1.55. The molecule has 2 aromatic rings.